The predicted molar refractivity (Wildman–Crippen MR) is 77.4 cm³/mol. The summed E-state index contributed by atoms with van der Waals surface area (Å²) in [5.41, 5.74) is -0.241. The van der Waals surface area contributed by atoms with Gasteiger partial charge in [0.25, 0.3) is 5.91 Å². The lowest BCUT2D eigenvalue weighted by molar-refractivity contribution is -0.141. The monoisotopic (exact) mass is 343 g/mol. The Hall–Kier alpha value is -2.65. The van der Waals surface area contributed by atoms with Gasteiger partial charge in [0, 0.05) is 11.4 Å². The Morgan fingerprint density at radius 3 is 2.58 bits per heavy atom. The number of carbonyl (C=O) groups is 2. The van der Waals surface area contributed by atoms with E-state index in [0.29, 0.717) is 11.3 Å². The first kappa shape index (κ1) is 17.7. The van der Waals surface area contributed by atoms with Crippen molar-refractivity contribution in [1.29, 1.82) is 0 Å². The number of alkyl halides is 3. The number of rotatable bonds is 3. The average Bonchev–Trinajstić information content (AvgIpc) is 2.42. The molecule has 1 atom stereocenters. The molecule has 0 aliphatic carbocycles. The molecule has 1 unspecified atom stereocenters. The van der Waals surface area contributed by atoms with Gasteiger partial charge in [-0.3, -0.25) is 4.79 Å². The third-order valence-electron chi connectivity index (χ3n) is 3.33. The van der Waals surface area contributed by atoms with Crippen molar-refractivity contribution in [1.82, 2.24) is 25.9 Å². The van der Waals surface area contributed by atoms with Crippen LogP contribution in [0.3, 0.4) is 0 Å². The molecule has 1 aliphatic heterocycles. The van der Waals surface area contributed by atoms with Crippen LogP contribution in [0.4, 0.5) is 18.0 Å². The predicted octanol–water partition coefficient (Wildman–Crippen LogP) is 1.40. The molecule has 3 amide bonds. The fourth-order valence-electron chi connectivity index (χ4n) is 2.34. The van der Waals surface area contributed by atoms with Crippen molar-refractivity contribution >= 4 is 11.9 Å². The third-order valence-corrected chi connectivity index (χ3v) is 3.33. The van der Waals surface area contributed by atoms with Gasteiger partial charge < -0.3 is 16.0 Å². The molecule has 0 fully saturated rings. The van der Waals surface area contributed by atoms with Crippen molar-refractivity contribution in [2.24, 2.45) is 0 Å². The molecule has 0 saturated carbocycles. The van der Waals surface area contributed by atoms with E-state index < -0.39 is 29.9 Å². The highest BCUT2D eigenvalue weighted by atomic mass is 19.4. The summed E-state index contributed by atoms with van der Waals surface area (Å²) in [4.78, 5) is 30.8. The summed E-state index contributed by atoms with van der Waals surface area (Å²) >= 11 is 0. The Morgan fingerprint density at radius 2 is 2.00 bits per heavy atom. The van der Waals surface area contributed by atoms with Gasteiger partial charge in [-0.25, -0.2) is 14.8 Å². The van der Waals surface area contributed by atoms with Gasteiger partial charge in [0.15, 0.2) is 0 Å². The summed E-state index contributed by atoms with van der Waals surface area (Å²) in [6.45, 7) is 4.34. The lowest BCUT2D eigenvalue weighted by Crippen LogP contribution is -2.50. The lowest BCUT2D eigenvalue weighted by atomic mass is 10.0. The molecular weight excluding hydrogens is 327 g/mol. The molecule has 2 heterocycles. The zero-order chi connectivity index (χ0) is 18.1. The van der Waals surface area contributed by atoms with Gasteiger partial charge >= 0.3 is 12.2 Å². The van der Waals surface area contributed by atoms with Crippen LogP contribution in [-0.2, 0) is 17.5 Å². The van der Waals surface area contributed by atoms with Crippen molar-refractivity contribution in [2.75, 3.05) is 0 Å². The number of aromatic nitrogens is 2. The first-order chi connectivity index (χ1) is 11.1. The smallest absolute Gasteiger partial charge is 0.345 e. The highest BCUT2D eigenvalue weighted by Crippen LogP contribution is 2.27. The van der Waals surface area contributed by atoms with Crippen molar-refractivity contribution in [3.8, 4) is 0 Å². The average molecular weight is 343 g/mol. The fraction of sp³-hybridized carbons (Fsp3) is 0.429. The van der Waals surface area contributed by atoms with Crippen LogP contribution in [0.15, 0.2) is 17.3 Å². The Kier molecular flexibility index (Phi) is 4.76. The van der Waals surface area contributed by atoms with Crippen molar-refractivity contribution in [2.45, 2.75) is 39.5 Å². The van der Waals surface area contributed by atoms with Crippen molar-refractivity contribution in [3.05, 3.63) is 34.5 Å². The number of halogens is 3. The van der Waals surface area contributed by atoms with Crippen LogP contribution in [-0.4, -0.2) is 27.9 Å². The van der Waals surface area contributed by atoms with Crippen molar-refractivity contribution < 1.29 is 22.8 Å². The standard InChI is InChI=1S/C14H16F3N5O2/c1-6-4-9(14(15,16)17)22-10(19-6)5-18-12(23)11-7(2)20-13(24)21-8(11)3/h4,7H,5H2,1-3H3,(H,18,23)(H2,20,21,24). The molecule has 0 radical (unpaired) electrons. The van der Waals surface area contributed by atoms with Crippen LogP contribution in [0, 0.1) is 6.92 Å². The van der Waals surface area contributed by atoms with E-state index in [1.807, 2.05) is 0 Å². The van der Waals surface area contributed by atoms with E-state index in [9.17, 15) is 22.8 Å². The molecule has 130 valence electrons. The number of hydrogen-bond acceptors (Lipinski definition) is 4. The minimum atomic E-state index is -4.59. The van der Waals surface area contributed by atoms with Gasteiger partial charge in [0.1, 0.15) is 11.5 Å². The molecule has 0 bridgehead atoms. The maximum absolute atomic E-state index is 12.7. The Bertz CT molecular complexity index is 715. The number of amides is 3. The van der Waals surface area contributed by atoms with E-state index in [2.05, 4.69) is 25.9 Å². The van der Waals surface area contributed by atoms with E-state index in [1.165, 1.54) is 6.92 Å². The summed E-state index contributed by atoms with van der Waals surface area (Å²) in [6.07, 6.45) is -4.59. The SMILES string of the molecule is CC1=C(C(=O)NCc2nc(C)cc(C(F)(F)F)n2)C(C)NC(=O)N1. The van der Waals surface area contributed by atoms with Gasteiger partial charge in [0.2, 0.25) is 0 Å². The fourth-order valence-corrected chi connectivity index (χ4v) is 2.34. The first-order valence-electron chi connectivity index (χ1n) is 7.06. The largest absolute Gasteiger partial charge is 0.433 e. The summed E-state index contributed by atoms with van der Waals surface area (Å²) in [7, 11) is 0. The number of nitrogens with zero attached hydrogens (tertiary/aromatic N) is 2. The number of aryl methyl sites for hydroxylation is 1. The molecule has 2 rings (SSSR count). The van der Waals surface area contributed by atoms with E-state index in [4.69, 9.17) is 0 Å². The van der Waals surface area contributed by atoms with Crippen LogP contribution in [0.5, 0.6) is 0 Å². The molecule has 0 aromatic carbocycles. The Morgan fingerprint density at radius 1 is 1.33 bits per heavy atom. The minimum Gasteiger partial charge on any atom is -0.345 e. The molecule has 1 aliphatic rings. The van der Waals surface area contributed by atoms with E-state index in [-0.39, 0.29) is 18.1 Å². The van der Waals surface area contributed by atoms with Crippen LogP contribution >= 0.6 is 0 Å². The van der Waals surface area contributed by atoms with E-state index in [0.717, 1.165) is 6.07 Å². The molecular formula is C14H16F3N5O2. The number of nitrogens with one attached hydrogen (secondary N) is 3. The second-order valence-corrected chi connectivity index (χ2v) is 5.35. The normalized spacial score (nSPS) is 18.1. The van der Waals surface area contributed by atoms with E-state index >= 15 is 0 Å². The molecule has 24 heavy (non-hydrogen) atoms. The van der Waals surface area contributed by atoms with Gasteiger partial charge in [-0.15, -0.1) is 0 Å². The first-order valence-corrected chi connectivity index (χ1v) is 7.06. The lowest BCUT2D eigenvalue weighted by Gasteiger charge is -2.25. The van der Waals surface area contributed by atoms with Gasteiger partial charge in [-0.05, 0) is 26.8 Å². The summed E-state index contributed by atoms with van der Waals surface area (Å²) < 4.78 is 38.2. The van der Waals surface area contributed by atoms with Crippen LogP contribution in [0.2, 0.25) is 0 Å². The molecule has 7 nitrogen and oxygen atoms in total. The zero-order valence-corrected chi connectivity index (χ0v) is 13.2. The second kappa shape index (κ2) is 6.46. The maximum atomic E-state index is 12.7. The number of hydrogen-bond donors (Lipinski definition) is 3. The Balaban J connectivity index is 2.14. The summed E-state index contributed by atoms with van der Waals surface area (Å²) in [6, 6.07) is -0.114. The highest BCUT2D eigenvalue weighted by Gasteiger charge is 2.33. The molecule has 10 heteroatoms. The number of carbonyl (C=O) groups excluding carboxylic acids is 2. The van der Waals surface area contributed by atoms with Gasteiger partial charge in [0.05, 0.1) is 18.2 Å². The topological polar surface area (TPSA) is 96.0 Å². The molecule has 0 spiro atoms. The van der Waals surface area contributed by atoms with E-state index in [1.54, 1.807) is 13.8 Å². The maximum Gasteiger partial charge on any atom is 0.433 e. The van der Waals surface area contributed by atoms with Crippen LogP contribution in [0.25, 0.3) is 0 Å². The molecule has 0 saturated heterocycles. The third kappa shape index (κ3) is 4.00. The van der Waals surface area contributed by atoms with Crippen LogP contribution < -0.4 is 16.0 Å². The summed E-state index contributed by atoms with van der Waals surface area (Å²) in [5.74, 6) is -0.666. The molecule has 3 N–H and O–H groups in total. The zero-order valence-electron chi connectivity index (χ0n) is 13.2. The number of allylic oxidation sites excluding steroid dienone is 1. The van der Waals surface area contributed by atoms with Crippen LogP contribution in [0.1, 0.15) is 31.1 Å². The Labute approximate surface area is 135 Å². The quantitative estimate of drug-likeness (QED) is 0.773. The van der Waals surface area contributed by atoms with Gasteiger partial charge in [-0.2, -0.15) is 13.2 Å². The van der Waals surface area contributed by atoms with Gasteiger partial charge in [-0.1, -0.05) is 0 Å². The van der Waals surface area contributed by atoms with Crippen molar-refractivity contribution in [3.63, 3.8) is 0 Å². The second-order valence-electron chi connectivity index (χ2n) is 5.35. The minimum absolute atomic E-state index is 0.144. The summed E-state index contributed by atoms with van der Waals surface area (Å²) in [5, 5.41) is 7.46. The molecule has 1 aromatic heterocycles. The number of urea groups is 1. The molecule has 1 aromatic rings. The highest BCUT2D eigenvalue weighted by molar-refractivity contribution is 5.98.